The minimum atomic E-state index is -1.10. The van der Waals surface area contributed by atoms with Crippen molar-refractivity contribution < 1.29 is 19.5 Å². The van der Waals surface area contributed by atoms with Crippen LogP contribution in [-0.4, -0.2) is 42.0 Å². The lowest BCUT2D eigenvalue weighted by Crippen LogP contribution is -2.42. The first-order chi connectivity index (χ1) is 7.93. The molecule has 1 atom stereocenters. The van der Waals surface area contributed by atoms with E-state index in [1.807, 2.05) is 0 Å². The fourth-order valence-electron chi connectivity index (χ4n) is 1.18. The van der Waals surface area contributed by atoms with Gasteiger partial charge in [0.2, 0.25) is 11.8 Å². The zero-order valence-corrected chi connectivity index (χ0v) is 9.86. The number of carboxylic acid groups (broad SMARTS) is 1. The number of nitrogens with one attached hydrogen (secondary N) is 2. The molecule has 0 heterocycles. The Morgan fingerprint density at radius 3 is 2.41 bits per heavy atom. The number of carboxylic acids is 1. The van der Waals surface area contributed by atoms with Gasteiger partial charge in [0.05, 0.1) is 6.04 Å². The largest absolute Gasteiger partial charge is 0.480 e. The highest BCUT2D eigenvalue weighted by Crippen LogP contribution is 1.98. The van der Waals surface area contributed by atoms with Crippen molar-refractivity contribution in [3.63, 3.8) is 0 Å². The van der Waals surface area contributed by atoms with Crippen LogP contribution in [-0.2, 0) is 14.4 Å². The fraction of sp³-hybridized carbons (Fsp3) is 0.700. The first kappa shape index (κ1) is 15.4. The molecule has 0 radical (unpaired) electrons. The van der Waals surface area contributed by atoms with Gasteiger partial charge in [0, 0.05) is 13.5 Å². The monoisotopic (exact) mass is 245 g/mol. The summed E-state index contributed by atoms with van der Waals surface area (Å²) < 4.78 is 0. The zero-order valence-electron chi connectivity index (χ0n) is 9.86. The van der Waals surface area contributed by atoms with Crippen LogP contribution in [0.4, 0.5) is 0 Å². The molecule has 0 rings (SSSR count). The third-order valence-corrected chi connectivity index (χ3v) is 2.07. The van der Waals surface area contributed by atoms with E-state index in [0.717, 1.165) is 6.42 Å². The van der Waals surface area contributed by atoms with Crippen molar-refractivity contribution in [3.05, 3.63) is 0 Å². The van der Waals surface area contributed by atoms with Gasteiger partial charge >= 0.3 is 5.97 Å². The van der Waals surface area contributed by atoms with Crippen molar-refractivity contribution >= 4 is 17.8 Å². The number of carbonyl (C=O) groups is 3. The van der Waals surface area contributed by atoms with E-state index in [1.54, 1.807) is 0 Å². The summed E-state index contributed by atoms with van der Waals surface area (Å²) in [6.07, 6.45) is 1.90. The van der Waals surface area contributed by atoms with E-state index >= 15 is 0 Å². The number of hydrogen-bond donors (Lipinski definition) is 4. The maximum absolute atomic E-state index is 11.3. The van der Waals surface area contributed by atoms with Crippen LogP contribution in [0.5, 0.6) is 0 Å². The summed E-state index contributed by atoms with van der Waals surface area (Å²) in [5.41, 5.74) is 5.55. The van der Waals surface area contributed by atoms with Gasteiger partial charge in [0.1, 0.15) is 6.54 Å². The molecule has 5 N–H and O–H groups in total. The number of unbranched alkanes of at least 4 members (excludes halogenated alkanes) is 1. The third kappa shape index (κ3) is 9.31. The standard InChI is InChI=1S/C10H19N3O4/c1-7(14)12-5-3-2-4-8(11)10(17)13-6-9(15)16/h8H,2-6,11H2,1H3,(H,12,14)(H,13,17)(H,15,16)/t8-/m0/s1. The lowest BCUT2D eigenvalue weighted by molar-refractivity contribution is -0.138. The van der Waals surface area contributed by atoms with Gasteiger partial charge in [-0.15, -0.1) is 0 Å². The molecule has 7 nitrogen and oxygen atoms in total. The molecule has 0 aliphatic heterocycles. The molecular weight excluding hydrogens is 226 g/mol. The normalized spacial score (nSPS) is 11.6. The Hall–Kier alpha value is -1.63. The average Bonchev–Trinajstić information content (AvgIpc) is 2.24. The fourth-order valence-corrected chi connectivity index (χ4v) is 1.18. The summed E-state index contributed by atoms with van der Waals surface area (Å²) in [6, 6.07) is -0.702. The Labute approximate surface area is 99.7 Å². The van der Waals surface area contributed by atoms with E-state index in [4.69, 9.17) is 10.8 Å². The molecule has 0 unspecified atom stereocenters. The summed E-state index contributed by atoms with van der Waals surface area (Å²) in [5.74, 6) is -1.66. The quantitative estimate of drug-likeness (QED) is 0.401. The van der Waals surface area contributed by atoms with Crippen molar-refractivity contribution in [1.82, 2.24) is 10.6 Å². The lowest BCUT2D eigenvalue weighted by Gasteiger charge is -2.10. The topological polar surface area (TPSA) is 122 Å². The number of aliphatic carboxylic acids is 1. The van der Waals surface area contributed by atoms with Crippen LogP contribution >= 0.6 is 0 Å². The summed E-state index contributed by atoms with van der Waals surface area (Å²) in [7, 11) is 0. The maximum atomic E-state index is 11.3. The summed E-state index contributed by atoms with van der Waals surface area (Å²) in [5, 5.41) is 13.2. The first-order valence-electron chi connectivity index (χ1n) is 5.43. The van der Waals surface area contributed by atoms with Crippen LogP contribution in [0, 0.1) is 0 Å². The molecule has 0 bridgehead atoms. The second-order valence-electron chi connectivity index (χ2n) is 3.70. The van der Waals surface area contributed by atoms with E-state index in [0.29, 0.717) is 19.4 Å². The molecule has 7 heteroatoms. The van der Waals surface area contributed by atoms with Crippen LogP contribution in [0.3, 0.4) is 0 Å². The molecule has 98 valence electrons. The van der Waals surface area contributed by atoms with E-state index in [-0.39, 0.29) is 5.91 Å². The molecular formula is C10H19N3O4. The molecule has 0 aromatic rings. The molecule has 17 heavy (non-hydrogen) atoms. The van der Waals surface area contributed by atoms with Crippen molar-refractivity contribution in [2.24, 2.45) is 5.73 Å². The summed E-state index contributed by atoms with van der Waals surface area (Å²) >= 11 is 0. The summed E-state index contributed by atoms with van der Waals surface area (Å²) in [6.45, 7) is 1.57. The van der Waals surface area contributed by atoms with Gasteiger partial charge in [-0.05, 0) is 19.3 Å². The smallest absolute Gasteiger partial charge is 0.322 e. The number of hydrogen-bond acceptors (Lipinski definition) is 4. The zero-order chi connectivity index (χ0) is 13.3. The van der Waals surface area contributed by atoms with Gasteiger partial charge in [-0.1, -0.05) is 0 Å². The van der Waals surface area contributed by atoms with Gasteiger partial charge in [-0.2, -0.15) is 0 Å². The van der Waals surface area contributed by atoms with Crippen LogP contribution in [0.2, 0.25) is 0 Å². The number of amides is 2. The Bertz CT molecular complexity index is 281. The van der Waals surface area contributed by atoms with Crippen molar-refractivity contribution in [3.8, 4) is 0 Å². The van der Waals surface area contributed by atoms with Crippen LogP contribution in [0.1, 0.15) is 26.2 Å². The molecule has 0 aromatic carbocycles. The number of carbonyl (C=O) groups excluding carboxylic acids is 2. The van der Waals surface area contributed by atoms with Crippen LogP contribution < -0.4 is 16.4 Å². The van der Waals surface area contributed by atoms with E-state index < -0.39 is 24.5 Å². The molecule has 0 aliphatic rings. The van der Waals surface area contributed by atoms with Gasteiger partial charge < -0.3 is 21.5 Å². The maximum Gasteiger partial charge on any atom is 0.322 e. The van der Waals surface area contributed by atoms with Crippen LogP contribution in [0.15, 0.2) is 0 Å². The minimum Gasteiger partial charge on any atom is -0.480 e. The van der Waals surface area contributed by atoms with Gasteiger partial charge in [0.15, 0.2) is 0 Å². The third-order valence-electron chi connectivity index (χ3n) is 2.07. The molecule has 0 spiro atoms. The average molecular weight is 245 g/mol. The van der Waals surface area contributed by atoms with Gasteiger partial charge in [-0.25, -0.2) is 0 Å². The predicted molar refractivity (Wildman–Crippen MR) is 61.2 cm³/mol. The Balaban J connectivity index is 3.57. The highest BCUT2D eigenvalue weighted by atomic mass is 16.4. The van der Waals surface area contributed by atoms with Gasteiger partial charge in [-0.3, -0.25) is 14.4 Å². The number of rotatable bonds is 8. The Morgan fingerprint density at radius 2 is 1.88 bits per heavy atom. The van der Waals surface area contributed by atoms with Gasteiger partial charge in [0.25, 0.3) is 0 Å². The lowest BCUT2D eigenvalue weighted by atomic mass is 10.1. The Morgan fingerprint density at radius 1 is 1.24 bits per heavy atom. The van der Waals surface area contributed by atoms with Crippen molar-refractivity contribution in [1.29, 1.82) is 0 Å². The molecule has 0 saturated carbocycles. The van der Waals surface area contributed by atoms with Crippen LogP contribution in [0.25, 0.3) is 0 Å². The van der Waals surface area contributed by atoms with E-state index in [1.165, 1.54) is 6.92 Å². The van der Waals surface area contributed by atoms with E-state index in [2.05, 4.69) is 10.6 Å². The minimum absolute atomic E-state index is 0.0894. The number of nitrogens with two attached hydrogens (primary N) is 1. The first-order valence-corrected chi connectivity index (χ1v) is 5.43. The molecule has 0 aliphatic carbocycles. The molecule has 2 amide bonds. The SMILES string of the molecule is CC(=O)NCCCC[C@H](N)C(=O)NCC(=O)O. The van der Waals surface area contributed by atoms with Crippen molar-refractivity contribution in [2.45, 2.75) is 32.2 Å². The highest BCUT2D eigenvalue weighted by molar-refractivity contribution is 5.84. The molecule has 0 saturated heterocycles. The summed E-state index contributed by atoms with van der Waals surface area (Å²) in [4.78, 5) is 32.0. The second kappa shape index (κ2) is 8.51. The Kier molecular flexibility index (Phi) is 7.70. The van der Waals surface area contributed by atoms with Crippen molar-refractivity contribution in [2.75, 3.05) is 13.1 Å². The molecule has 0 aromatic heterocycles. The molecule has 0 fully saturated rings. The second-order valence-corrected chi connectivity index (χ2v) is 3.70. The van der Waals surface area contributed by atoms with E-state index in [9.17, 15) is 14.4 Å². The predicted octanol–water partition coefficient (Wildman–Crippen LogP) is -1.18. The highest BCUT2D eigenvalue weighted by Gasteiger charge is 2.13.